The van der Waals surface area contributed by atoms with E-state index < -0.39 is 0 Å². The minimum Gasteiger partial charge on any atom is -0.463 e. The predicted molar refractivity (Wildman–Crippen MR) is 395 cm³/mol. The van der Waals surface area contributed by atoms with Crippen LogP contribution in [0.4, 0.5) is 0 Å². The van der Waals surface area contributed by atoms with Crippen molar-refractivity contribution in [3.63, 3.8) is 0 Å². The van der Waals surface area contributed by atoms with Crippen LogP contribution in [-0.4, -0.2) is 83.4 Å². The van der Waals surface area contributed by atoms with Crippen molar-refractivity contribution in [3.05, 3.63) is 0 Å². The first-order valence-electron chi connectivity index (χ1n) is 41.0. The Balaban J connectivity index is 4.71. The van der Waals surface area contributed by atoms with Crippen molar-refractivity contribution < 1.29 is 38.1 Å². The Bertz CT molecular complexity index is 1530. The average Bonchev–Trinajstić information content (AvgIpc) is 3.63. The van der Waals surface area contributed by atoms with Crippen LogP contribution in [-0.2, 0) is 38.1 Å². The molecule has 0 aromatic carbocycles. The topological polar surface area (TPSA) is 129 Å². The van der Waals surface area contributed by atoms with E-state index in [-0.39, 0.29) is 17.8 Å². The van der Waals surface area contributed by atoms with Crippen molar-refractivity contribution in [1.29, 1.82) is 0 Å². The number of unbranched alkanes of at least 4 members (excludes halogenated alkanes) is 40. The summed E-state index contributed by atoms with van der Waals surface area (Å²) in [5.41, 5.74) is 0. The van der Waals surface area contributed by atoms with Gasteiger partial charge < -0.3 is 34.4 Å². The minimum atomic E-state index is -0.113. The molecule has 10 nitrogen and oxygen atoms in total. The number of methoxy groups -OCH3 is 1. The highest BCUT2D eigenvalue weighted by Crippen LogP contribution is 2.36. The van der Waals surface area contributed by atoms with Gasteiger partial charge in [-0.05, 0) is 56.3 Å². The Morgan fingerprint density at radius 3 is 0.772 bits per heavy atom. The van der Waals surface area contributed by atoms with E-state index in [2.05, 4.69) is 38.3 Å². The quantitative estimate of drug-likeness (QED) is 0.0455. The Kier molecular flexibility index (Phi) is 73.1. The molecule has 10 heteroatoms. The minimum absolute atomic E-state index is 0.113. The number of nitrogens with one attached hydrogen (secondary N) is 2. The van der Waals surface area contributed by atoms with E-state index in [1.54, 1.807) is 14.0 Å². The first kappa shape index (κ1) is 90.0. The maximum absolute atomic E-state index is 12.7. The fourth-order valence-electron chi connectivity index (χ4n) is 14.2. The summed E-state index contributed by atoms with van der Waals surface area (Å²) in [4.78, 5) is 49.1. The Morgan fingerprint density at radius 2 is 0.500 bits per heavy atom. The van der Waals surface area contributed by atoms with Crippen molar-refractivity contribution in [1.82, 2.24) is 10.6 Å². The molecule has 0 saturated heterocycles. The maximum Gasteiger partial charge on any atom is 0.305 e. The average molecular weight is 1300 g/mol. The van der Waals surface area contributed by atoms with Gasteiger partial charge in [0.2, 0.25) is 11.8 Å². The number of ketones is 1. The van der Waals surface area contributed by atoms with Crippen LogP contribution in [0, 0.1) is 23.7 Å². The summed E-state index contributed by atoms with van der Waals surface area (Å²) in [6.45, 7) is 14.9. The Morgan fingerprint density at radius 1 is 0.272 bits per heavy atom. The Labute approximate surface area is 572 Å². The van der Waals surface area contributed by atoms with E-state index >= 15 is 0 Å². The molecule has 0 aromatic rings. The van der Waals surface area contributed by atoms with Gasteiger partial charge in [0.1, 0.15) is 12.4 Å². The lowest BCUT2D eigenvalue weighted by atomic mass is 9.78. The smallest absolute Gasteiger partial charge is 0.305 e. The van der Waals surface area contributed by atoms with Gasteiger partial charge in [-0.1, -0.05) is 362 Å². The number of carbonyl (C=O) groups excluding carboxylic acids is 4. The molecule has 2 N–H and O–H groups in total. The van der Waals surface area contributed by atoms with Crippen molar-refractivity contribution in [2.75, 3.05) is 59.8 Å². The monoisotopic (exact) mass is 1300 g/mol. The molecule has 0 radical (unpaired) electrons. The van der Waals surface area contributed by atoms with Gasteiger partial charge in [-0.3, -0.25) is 14.4 Å². The van der Waals surface area contributed by atoms with Gasteiger partial charge in [-0.25, -0.2) is 0 Å². The highest BCUT2D eigenvalue weighted by molar-refractivity contribution is 5.77. The second kappa shape index (κ2) is 74.7. The van der Waals surface area contributed by atoms with Gasteiger partial charge >= 0.3 is 5.97 Å². The van der Waals surface area contributed by atoms with Crippen LogP contribution in [0.2, 0.25) is 0 Å². The first-order valence-corrected chi connectivity index (χ1v) is 41.0. The molecule has 0 bridgehead atoms. The predicted octanol–water partition coefficient (Wildman–Crippen LogP) is 24.0. The highest BCUT2D eigenvalue weighted by Gasteiger charge is 2.23. The molecule has 0 aromatic heterocycles. The van der Waals surface area contributed by atoms with Crippen LogP contribution >= 0.6 is 0 Å². The molecule has 92 heavy (non-hydrogen) atoms. The van der Waals surface area contributed by atoms with Gasteiger partial charge in [0, 0.05) is 45.9 Å². The van der Waals surface area contributed by atoms with Crippen LogP contribution in [0.25, 0.3) is 0 Å². The van der Waals surface area contributed by atoms with Crippen molar-refractivity contribution in [2.24, 2.45) is 23.7 Å². The summed E-state index contributed by atoms with van der Waals surface area (Å²) in [6, 6.07) is 0. The van der Waals surface area contributed by atoms with Crippen molar-refractivity contribution in [3.8, 4) is 0 Å². The maximum atomic E-state index is 12.7. The van der Waals surface area contributed by atoms with Gasteiger partial charge in [0.05, 0.1) is 33.0 Å². The van der Waals surface area contributed by atoms with Gasteiger partial charge in [-0.15, -0.1) is 0 Å². The molecular weight excluding hydrogens is 1140 g/mol. The lowest BCUT2D eigenvalue weighted by Crippen LogP contribution is -2.34. The summed E-state index contributed by atoms with van der Waals surface area (Å²) < 4.78 is 21.2. The van der Waals surface area contributed by atoms with Gasteiger partial charge in [0.25, 0.3) is 0 Å². The van der Waals surface area contributed by atoms with Crippen LogP contribution in [0.15, 0.2) is 0 Å². The fraction of sp³-hybridized carbons (Fsp3) is 0.951. The molecule has 0 saturated carbocycles. The van der Waals surface area contributed by atoms with Crippen molar-refractivity contribution >= 4 is 23.6 Å². The van der Waals surface area contributed by atoms with Crippen molar-refractivity contribution in [2.45, 2.75) is 420 Å². The zero-order valence-electron chi connectivity index (χ0n) is 62.7. The number of Topliss-reactive ketones (excluding diaryl/α,β-unsaturated/α-hetero) is 1. The van der Waals surface area contributed by atoms with E-state index in [9.17, 15) is 19.2 Å². The van der Waals surface area contributed by atoms with Crippen LogP contribution < -0.4 is 10.6 Å². The molecule has 4 atom stereocenters. The largest absolute Gasteiger partial charge is 0.463 e. The number of esters is 1. The number of carbonyl (C=O) groups is 4. The van der Waals surface area contributed by atoms with Crippen LogP contribution in [0.5, 0.6) is 0 Å². The summed E-state index contributed by atoms with van der Waals surface area (Å²) in [5, 5.41) is 6.13. The van der Waals surface area contributed by atoms with E-state index in [0.717, 1.165) is 75.0 Å². The SMILES string of the molecule is CCCCCCCCC(CCCCCCCCC(C)=O)C(CCCCCCCC)CCCCCCCCC(=O)NCCNC(=O)CCCCCCCCC(CCCCCCCC)C(CCCCCCCC)CCCCCCCCC(=O)OCCOCCOCCOC. The number of amides is 2. The first-order chi connectivity index (χ1) is 45.2. The molecule has 0 spiro atoms. The summed E-state index contributed by atoms with van der Waals surface area (Å²) in [7, 11) is 1.66. The molecule has 2 amide bonds. The van der Waals surface area contributed by atoms with E-state index in [1.165, 1.54) is 315 Å². The highest BCUT2D eigenvalue weighted by atomic mass is 16.6. The van der Waals surface area contributed by atoms with E-state index in [4.69, 9.17) is 18.9 Å². The number of rotatable bonds is 78. The van der Waals surface area contributed by atoms with Crippen LogP contribution in [0.3, 0.4) is 0 Å². The lowest BCUT2D eigenvalue weighted by molar-refractivity contribution is -0.145. The fourth-order valence-corrected chi connectivity index (χ4v) is 14.2. The molecular formula is C82H160N2O8. The number of hydrogen-bond donors (Lipinski definition) is 2. The van der Waals surface area contributed by atoms with E-state index in [1.807, 2.05) is 0 Å². The molecule has 0 aliphatic rings. The van der Waals surface area contributed by atoms with Gasteiger partial charge in [0.15, 0.2) is 0 Å². The summed E-state index contributed by atoms with van der Waals surface area (Å²) in [5.74, 6) is 3.94. The third kappa shape index (κ3) is 66.6. The lowest BCUT2D eigenvalue weighted by Gasteiger charge is -2.28. The Hall–Kier alpha value is -2.04. The summed E-state index contributed by atoms with van der Waals surface area (Å²) >= 11 is 0. The molecule has 0 fully saturated rings. The number of ether oxygens (including phenoxy) is 4. The summed E-state index contributed by atoms with van der Waals surface area (Å²) in [6.07, 6.45) is 76.1. The van der Waals surface area contributed by atoms with E-state index in [0.29, 0.717) is 77.8 Å². The second-order valence-corrected chi connectivity index (χ2v) is 28.7. The second-order valence-electron chi connectivity index (χ2n) is 28.7. The molecule has 546 valence electrons. The zero-order valence-corrected chi connectivity index (χ0v) is 62.7. The molecule has 4 unspecified atom stereocenters. The normalized spacial score (nSPS) is 12.9. The molecule has 0 aliphatic heterocycles. The molecule has 0 heterocycles. The molecule has 0 aliphatic carbocycles. The van der Waals surface area contributed by atoms with Crippen LogP contribution in [0.1, 0.15) is 420 Å². The van der Waals surface area contributed by atoms with Gasteiger partial charge in [-0.2, -0.15) is 0 Å². The standard InChI is InChI=1S/C82H160N2O8/c1-7-11-15-19-32-44-56-76(60-48-36-24-23-31-43-55-75(5)85)77(57-45-33-20-16-12-8-2)61-49-37-25-28-40-52-64-80(86)83-67-68-84-81(87)65-53-41-29-26-38-50-62-78(58-46-34-21-17-13-9-3)79(59-47-35-22-18-14-10-4)63-51-39-27-30-42-54-66-82(88)92-74-73-91-72-71-90-70-69-89-6/h76-79H,7-74H2,1-6H3,(H,83,86)(H,84,87). The number of hydrogen-bond acceptors (Lipinski definition) is 8. The zero-order chi connectivity index (χ0) is 66.9. The third-order valence-electron chi connectivity index (χ3n) is 20.1. The third-order valence-corrected chi connectivity index (χ3v) is 20.1. The molecule has 0 rings (SSSR count).